The molecule has 1 fully saturated rings. The second kappa shape index (κ2) is 7.28. The number of fused-ring (bicyclic) bond motifs is 1. The fourth-order valence-corrected chi connectivity index (χ4v) is 3.47. The molecule has 0 aromatic heterocycles. The van der Waals surface area contributed by atoms with Crippen molar-refractivity contribution in [1.82, 2.24) is 10.4 Å². The Balaban J connectivity index is 2.01. The van der Waals surface area contributed by atoms with Crippen molar-refractivity contribution in [3.05, 3.63) is 42.0 Å². The average molecular weight is 394 g/mol. The Hall–Kier alpha value is -2.28. The van der Waals surface area contributed by atoms with Gasteiger partial charge in [0, 0.05) is 12.0 Å². The van der Waals surface area contributed by atoms with Crippen LogP contribution in [0.3, 0.4) is 0 Å². The highest BCUT2D eigenvalue weighted by molar-refractivity contribution is 5.85. The van der Waals surface area contributed by atoms with Crippen molar-refractivity contribution in [3.8, 4) is 5.75 Å². The molecule has 1 aliphatic heterocycles. The maximum absolute atomic E-state index is 14.0. The highest BCUT2D eigenvalue weighted by Crippen LogP contribution is 2.43. The zero-order valence-electron chi connectivity index (χ0n) is 16.4. The number of nitrogens with zero attached hydrogens (tertiary/aromatic N) is 1. The number of hydrogen-bond acceptors (Lipinski definition) is 3. The summed E-state index contributed by atoms with van der Waals surface area (Å²) < 4.78 is 47.7. The predicted molar refractivity (Wildman–Crippen MR) is 102 cm³/mol. The van der Waals surface area contributed by atoms with E-state index in [4.69, 9.17) is 4.74 Å². The van der Waals surface area contributed by atoms with E-state index in [1.54, 1.807) is 26.0 Å². The van der Waals surface area contributed by atoms with Crippen LogP contribution in [-0.2, 0) is 4.79 Å². The van der Waals surface area contributed by atoms with E-state index in [0.717, 1.165) is 10.4 Å². The van der Waals surface area contributed by atoms with Gasteiger partial charge in [-0.2, -0.15) is 18.2 Å². The average Bonchev–Trinajstić information content (AvgIpc) is 2.83. The zero-order valence-corrected chi connectivity index (χ0v) is 16.4. The molecule has 0 saturated carbocycles. The van der Waals surface area contributed by atoms with E-state index < -0.39 is 23.7 Å². The van der Waals surface area contributed by atoms with Crippen LogP contribution in [0.15, 0.2) is 36.4 Å². The summed E-state index contributed by atoms with van der Waals surface area (Å²) in [5.41, 5.74) is 1.52. The minimum Gasteiger partial charge on any atom is -0.493 e. The molecule has 7 heteroatoms. The lowest BCUT2D eigenvalue weighted by atomic mass is 9.95. The number of hydrogen-bond donors (Lipinski definition) is 1. The van der Waals surface area contributed by atoms with Crippen LogP contribution in [0.1, 0.15) is 45.7 Å². The van der Waals surface area contributed by atoms with Crippen molar-refractivity contribution in [2.45, 2.75) is 51.9 Å². The van der Waals surface area contributed by atoms with E-state index in [1.165, 1.54) is 12.1 Å². The second-order valence-electron chi connectivity index (χ2n) is 8.31. The van der Waals surface area contributed by atoms with Crippen LogP contribution in [0.25, 0.3) is 10.8 Å². The summed E-state index contributed by atoms with van der Waals surface area (Å²) >= 11 is 0. The number of amides is 1. The lowest BCUT2D eigenvalue weighted by Crippen LogP contribution is -2.51. The van der Waals surface area contributed by atoms with E-state index in [1.807, 2.05) is 26.0 Å². The number of alkyl halides is 3. The van der Waals surface area contributed by atoms with E-state index >= 15 is 0 Å². The van der Waals surface area contributed by atoms with Gasteiger partial charge in [-0.25, -0.2) is 0 Å². The van der Waals surface area contributed by atoms with Crippen molar-refractivity contribution in [1.29, 1.82) is 0 Å². The molecule has 0 bridgehead atoms. The molecule has 0 spiro atoms. The lowest BCUT2D eigenvalue weighted by molar-refractivity contribution is -0.203. The third kappa shape index (κ3) is 4.24. The number of nitrogens with one attached hydrogen (secondary N) is 1. The normalized spacial score (nSPS) is 18.5. The van der Waals surface area contributed by atoms with Crippen molar-refractivity contribution in [3.63, 3.8) is 0 Å². The van der Waals surface area contributed by atoms with Gasteiger partial charge in [0.15, 0.2) is 6.04 Å². The van der Waals surface area contributed by atoms with Gasteiger partial charge in [0.1, 0.15) is 5.75 Å². The Labute approximate surface area is 162 Å². The van der Waals surface area contributed by atoms with Gasteiger partial charge in [-0.05, 0) is 54.3 Å². The Morgan fingerprint density at radius 1 is 1.14 bits per heavy atom. The van der Waals surface area contributed by atoms with Crippen LogP contribution >= 0.6 is 0 Å². The van der Waals surface area contributed by atoms with E-state index in [2.05, 4.69) is 5.43 Å². The molecule has 2 aromatic rings. The molecule has 1 aliphatic rings. The molecule has 2 aromatic carbocycles. The van der Waals surface area contributed by atoms with Crippen molar-refractivity contribution >= 4 is 16.7 Å². The molecule has 152 valence electrons. The molecule has 4 nitrogen and oxygen atoms in total. The minimum atomic E-state index is -4.55. The summed E-state index contributed by atoms with van der Waals surface area (Å²) in [4.78, 5) is 11.8. The molecule has 1 atom stereocenters. The smallest absolute Gasteiger partial charge is 0.409 e. The molecular formula is C21H25F3N2O2. The number of carbonyl (C=O) groups is 1. The summed E-state index contributed by atoms with van der Waals surface area (Å²) in [6.45, 7) is 7.84. The molecule has 1 N–H and O–H groups in total. The maximum Gasteiger partial charge on any atom is 0.409 e. The van der Waals surface area contributed by atoms with Gasteiger partial charge in [-0.1, -0.05) is 32.0 Å². The van der Waals surface area contributed by atoms with Crippen LogP contribution < -0.4 is 10.2 Å². The molecular weight excluding hydrogens is 369 g/mol. The minimum absolute atomic E-state index is 0.0142. The largest absolute Gasteiger partial charge is 0.493 e. The van der Waals surface area contributed by atoms with Crippen LogP contribution in [-0.4, -0.2) is 29.2 Å². The van der Waals surface area contributed by atoms with E-state index in [-0.39, 0.29) is 12.0 Å². The summed E-state index contributed by atoms with van der Waals surface area (Å²) in [7, 11) is 0. The number of halogens is 3. The molecule has 1 heterocycles. The monoisotopic (exact) mass is 394 g/mol. The number of rotatable bonds is 5. The van der Waals surface area contributed by atoms with Gasteiger partial charge >= 0.3 is 6.18 Å². The van der Waals surface area contributed by atoms with Crippen molar-refractivity contribution in [2.24, 2.45) is 5.92 Å². The van der Waals surface area contributed by atoms with Gasteiger partial charge < -0.3 is 4.74 Å². The third-order valence-electron chi connectivity index (χ3n) is 4.79. The Bertz CT molecular complexity index is 878. The molecule has 0 radical (unpaired) electrons. The molecule has 28 heavy (non-hydrogen) atoms. The summed E-state index contributed by atoms with van der Waals surface area (Å²) in [5.74, 6) is 0.554. The van der Waals surface area contributed by atoms with Crippen molar-refractivity contribution < 1.29 is 22.7 Å². The highest BCUT2D eigenvalue weighted by atomic mass is 19.4. The first-order valence-corrected chi connectivity index (χ1v) is 9.29. The van der Waals surface area contributed by atoms with Crippen LogP contribution in [0.4, 0.5) is 13.2 Å². The number of benzene rings is 2. The SMILES string of the molecule is CC(C)COc1ccc2ccc([C@H](N3NC(=O)CC3(C)C)C(F)(F)F)cc2c1. The first kappa shape index (κ1) is 20.5. The first-order valence-electron chi connectivity index (χ1n) is 9.29. The zero-order chi connectivity index (χ0) is 20.7. The molecule has 0 unspecified atom stereocenters. The number of ether oxygens (including phenoxy) is 1. The number of carbonyl (C=O) groups excluding carboxylic acids is 1. The fraction of sp³-hybridized carbons (Fsp3) is 0.476. The standard InChI is InChI=1S/C21H25F3N2O2/c1-13(2)12-28-17-8-7-14-5-6-15(9-16(14)10-17)19(21(22,23)24)26-20(3,4)11-18(27)25-26/h5-10,13,19H,11-12H2,1-4H3,(H,25,27)/t19-/m0/s1. The first-order chi connectivity index (χ1) is 13.0. The van der Waals surface area contributed by atoms with Gasteiger partial charge in [0.2, 0.25) is 5.91 Å². The topological polar surface area (TPSA) is 41.6 Å². The maximum atomic E-state index is 14.0. The summed E-state index contributed by atoms with van der Waals surface area (Å²) in [6.07, 6.45) is -4.53. The van der Waals surface area contributed by atoms with Crippen LogP contribution in [0, 0.1) is 5.92 Å². The summed E-state index contributed by atoms with van der Waals surface area (Å²) in [5, 5.41) is 2.51. The molecule has 3 rings (SSSR count). The Morgan fingerprint density at radius 2 is 1.82 bits per heavy atom. The highest BCUT2D eigenvalue weighted by Gasteiger charge is 2.52. The van der Waals surface area contributed by atoms with Crippen LogP contribution in [0.5, 0.6) is 5.75 Å². The fourth-order valence-electron chi connectivity index (χ4n) is 3.47. The molecule has 1 amide bonds. The number of hydrazine groups is 1. The quantitative estimate of drug-likeness (QED) is 0.777. The van der Waals surface area contributed by atoms with Crippen molar-refractivity contribution in [2.75, 3.05) is 6.61 Å². The van der Waals surface area contributed by atoms with Gasteiger partial charge in [0.05, 0.1) is 6.61 Å². The Kier molecular flexibility index (Phi) is 5.32. The predicted octanol–water partition coefficient (Wildman–Crippen LogP) is 4.99. The third-order valence-corrected chi connectivity index (χ3v) is 4.79. The summed E-state index contributed by atoms with van der Waals surface area (Å²) in [6, 6.07) is 8.13. The Morgan fingerprint density at radius 3 is 2.39 bits per heavy atom. The second-order valence-corrected chi connectivity index (χ2v) is 8.31. The van der Waals surface area contributed by atoms with E-state index in [9.17, 15) is 18.0 Å². The van der Waals surface area contributed by atoms with Gasteiger partial charge in [-0.3, -0.25) is 10.2 Å². The van der Waals surface area contributed by atoms with Gasteiger partial charge in [-0.15, -0.1) is 0 Å². The lowest BCUT2D eigenvalue weighted by Gasteiger charge is -2.38. The molecule has 1 saturated heterocycles. The van der Waals surface area contributed by atoms with Gasteiger partial charge in [0.25, 0.3) is 0 Å². The van der Waals surface area contributed by atoms with E-state index in [0.29, 0.717) is 23.7 Å². The molecule has 0 aliphatic carbocycles. The van der Waals surface area contributed by atoms with Crippen LogP contribution in [0.2, 0.25) is 0 Å².